The van der Waals surface area contributed by atoms with Crippen LogP contribution in [0.15, 0.2) is 18.2 Å². The third-order valence-corrected chi connectivity index (χ3v) is 2.03. The number of nitro benzene ring substituents is 1. The van der Waals surface area contributed by atoms with Crippen LogP contribution in [-0.2, 0) is 9.47 Å². The van der Waals surface area contributed by atoms with Crippen molar-refractivity contribution in [3.8, 4) is 11.8 Å². The van der Waals surface area contributed by atoms with Crippen molar-refractivity contribution in [1.29, 1.82) is 5.26 Å². The quantitative estimate of drug-likeness (QED) is 0.315. The molecule has 0 aliphatic carbocycles. The molecule has 18 heavy (non-hydrogen) atoms. The maximum absolute atomic E-state index is 10.6. The van der Waals surface area contributed by atoms with E-state index < -0.39 is 4.92 Å². The average molecular weight is 252 g/mol. The van der Waals surface area contributed by atoms with Gasteiger partial charge in [-0.1, -0.05) is 0 Å². The van der Waals surface area contributed by atoms with Crippen molar-refractivity contribution in [3.63, 3.8) is 0 Å². The van der Waals surface area contributed by atoms with Gasteiger partial charge >= 0.3 is 0 Å². The van der Waals surface area contributed by atoms with Gasteiger partial charge in [0.1, 0.15) is 11.8 Å². The molecule has 0 radical (unpaired) electrons. The van der Waals surface area contributed by atoms with E-state index in [9.17, 15) is 10.1 Å². The van der Waals surface area contributed by atoms with Crippen molar-refractivity contribution in [2.45, 2.75) is 0 Å². The van der Waals surface area contributed by atoms with Gasteiger partial charge in [0.05, 0.1) is 29.8 Å². The second-order valence-corrected chi connectivity index (χ2v) is 3.21. The third-order valence-electron chi connectivity index (χ3n) is 2.03. The summed E-state index contributed by atoms with van der Waals surface area (Å²) < 4.78 is 15.0. The average Bonchev–Trinajstić information content (AvgIpc) is 2.38. The highest BCUT2D eigenvalue weighted by Crippen LogP contribution is 2.24. The number of ether oxygens (including phenoxy) is 3. The molecule has 0 heterocycles. The van der Waals surface area contributed by atoms with Gasteiger partial charge in [-0.15, -0.1) is 0 Å². The van der Waals surface area contributed by atoms with Crippen molar-refractivity contribution in [3.05, 3.63) is 33.9 Å². The molecular weight excluding hydrogens is 240 g/mol. The number of rotatable bonds is 7. The van der Waals surface area contributed by atoms with E-state index in [1.807, 2.05) is 6.07 Å². The maximum Gasteiger partial charge on any atom is 0.273 e. The van der Waals surface area contributed by atoms with Gasteiger partial charge < -0.3 is 14.2 Å². The van der Waals surface area contributed by atoms with Gasteiger partial charge in [-0.3, -0.25) is 10.1 Å². The van der Waals surface area contributed by atoms with Gasteiger partial charge in [0, 0.05) is 13.2 Å². The molecule has 1 rings (SSSR count). The number of hydrogen-bond acceptors (Lipinski definition) is 6. The predicted molar refractivity (Wildman–Crippen MR) is 61.1 cm³/mol. The normalized spacial score (nSPS) is 9.78. The Labute approximate surface area is 104 Å². The highest BCUT2D eigenvalue weighted by molar-refractivity contribution is 5.49. The summed E-state index contributed by atoms with van der Waals surface area (Å²) in [4.78, 5) is 10.0. The molecule has 0 aliphatic heterocycles. The van der Waals surface area contributed by atoms with Gasteiger partial charge in [-0.05, 0) is 6.07 Å². The molecule has 1 aromatic carbocycles. The van der Waals surface area contributed by atoms with Crippen LogP contribution >= 0.6 is 0 Å². The number of non-ortho nitro benzene ring substituents is 1. The first-order valence-corrected chi connectivity index (χ1v) is 5.07. The first-order valence-electron chi connectivity index (χ1n) is 5.07. The lowest BCUT2D eigenvalue weighted by Crippen LogP contribution is -2.08. The molecule has 0 aliphatic rings. The summed E-state index contributed by atoms with van der Waals surface area (Å²) >= 11 is 0. The Kier molecular flexibility index (Phi) is 5.57. The molecule has 0 fully saturated rings. The van der Waals surface area contributed by atoms with Crippen LogP contribution in [0.2, 0.25) is 0 Å². The van der Waals surface area contributed by atoms with Crippen molar-refractivity contribution in [2.24, 2.45) is 0 Å². The monoisotopic (exact) mass is 252 g/mol. The summed E-state index contributed by atoms with van der Waals surface area (Å²) in [5, 5.41) is 19.4. The lowest BCUT2D eigenvalue weighted by Gasteiger charge is -2.08. The molecule has 0 saturated carbocycles. The van der Waals surface area contributed by atoms with Gasteiger partial charge in [0.25, 0.3) is 5.69 Å². The topological polar surface area (TPSA) is 94.6 Å². The molecular formula is C11H12N2O5. The fraction of sp³-hybridized carbons (Fsp3) is 0.364. The molecule has 96 valence electrons. The summed E-state index contributed by atoms with van der Waals surface area (Å²) in [5.74, 6) is 0.129. The molecule has 7 nitrogen and oxygen atoms in total. The zero-order valence-electron chi connectivity index (χ0n) is 9.79. The third kappa shape index (κ3) is 4.01. The van der Waals surface area contributed by atoms with Crippen LogP contribution in [0.4, 0.5) is 5.69 Å². The summed E-state index contributed by atoms with van der Waals surface area (Å²) in [7, 11) is 1.54. The first-order chi connectivity index (χ1) is 8.69. The molecule has 0 N–H and O–H groups in total. The van der Waals surface area contributed by atoms with E-state index in [1.54, 1.807) is 7.11 Å². The summed E-state index contributed by atoms with van der Waals surface area (Å²) in [5.41, 5.74) is 0.0804. The van der Waals surface area contributed by atoms with Crippen molar-refractivity contribution in [1.82, 2.24) is 0 Å². The summed E-state index contributed by atoms with van der Waals surface area (Å²) in [6.07, 6.45) is 0. The van der Waals surface area contributed by atoms with E-state index in [-0.39, 0.29) is 23.8 Å². The number of nitrogens with zero attached hydrogens (tertiary/aromatic N) is 2. The number of benzene rings is 1. The van der Waals surface area contributed by atoms with Gasteiger partial charge in [-0.25, -0.2) is 0 Å². The van der Waals surface area contributed by atoms with E-state index in [2.05, 4.69) is 0 Å². The Hall–Kier alpha value is -2.17. The van der Waals surface area contributed by atoms with E-state index >= 15 is 0 Å². The number of hydrogen-bond donors (Lipinski definition) is 0. The molecule has 0 unspecified atom stereocenters. The van der Waals surface area contributed by atoms with E-state index in [0.29, 0.717) is 13.2 Å². The highest BCUT2D eigenvalue weighted by atomic mass is 16.7. The fourth-order valence-corrected chi connectivity index (χ4v) is 1.14. The molecule has 1 aromatic rings. The van der Waals surface area contributed by atoms with Crippen LogP contribution in [0.1, 0.15) is 5.56 Å². The van der Waals surface area contributed by atoms with Crippen molar-refractivity contribution < 1.29 is 19.1 Å². The zero-order valence-corrected chi connectivity index (χ0v) is 9.79. The first kappa shape index (κ1) is 13.9. The fourth-order valence-electron chi connectivity index (χ4n) is 1.14. The molecule has 0 amide bonds. The van der Waals surface area contributed by atoms with Crippen molar-refractivity contribution >= 4 is 5.69 Å². The highest BCUT2D eigenvalue weighted by Gasteiger charge is 2.11. The molecule has 0 saturated heterocycles. The minimum absolute atomic E-state index is 0.0980. The summed E-state index contributed by atoms with van der Waals surface area (Å²) in [6.45, 7) is 0.663. The van der Waals surface area contributed by atoms with Crippen LogP contribution in [-0.4, -0.2) is 32.0 Å². The van der Waals surface area contributed by atoms with Crippen LogP contribution in [0.3, 0.4) is 0 Å². The Morgan fingerprint density at radius 2 is 2.22 bits per heavy atom. The Balaban J connectivity index is 2.65. The Bertz CT molecular complexity index is 455. The molecule has 7 heteroatoms. The lowest BCUT2D eigenvalue weighted by molar-refractivity contribution is -0.385. The zero-order chi connectivity index (χ0) is 13.4. The van der Waals surface area contributed by atoms with Crippen molar-refractivity contribution in [2.75, 3.05) is 27.1 Å². The standard InChI is InChI=1S/C11H12N2O5/c1-16-4-5-17-8-18-11-6-10(13(14)15)3-2-9(11)7-12/h2-3,6H,4-5,8H2,1H3. The lowest BCUT2D eigenvalue weighted by atomic mass is 10.2. The number of methoxy groups -OCH3 is 1. The second-order valence-electron chi connectivity index (χ2n) is 3.21. The van der Waals surface area contributed by atoms with Crippen LogP contribution in [0, 0.1) is 21.4 Å². The maximum atomic E-state index is 10.6. The Morgan fingerprint density at radius 1 is 1.44 bits per heavy atom. The summed E-state index contributed by atoms with van der Waals surface area (Å²) in [6, 6.07) is 5.66. The number of nitro groups is 1. The van der Waals surface area contributed by atoms with Gasteiger partial charge in [0.2, 0.25) is 0 Å². The minimum Gasteiger partial charge on any atom is -0.466 e. The van der Waals surface area contributed by atoms with Gasteiger partial charge in [0.15, 0.2) is 6.79 Å². The smallest absolute Gasteiger partial charge is 0.273 e. The Morgan fingerprint density at radius 3 is 2.83 bits per heavy atom. The van der Waals surface area contributed by atoms with Crippen LogP contribution in [0.25, 0.3) is 0 Å². The minimum atomic E-state index is -0.556. The van der Waals surface area contributed by atoms with E-state index in [1.165, 1.54) is 18.2 Å². The van der Waals surface area contributed by atoms with Crippen LogP contribution in [0.5, 0.6) is 5.75 Å². The predicted octanol–water partition coefficient (Wildman–Crippen LogP) is 1.47. The molecule has 0 spiro atoms. The largest absolute Gasteiger partial charge is 0.466 e. The second kappa shape index (κ2) is 7.21. The molecule has 0 atom stereocenters. The molecule has 0 aromatic heterocycles. The number of nitriles is 1. The SMILES string of the molecule is COCCOCOc1cc([N+](=O)[O-])ccc1C#N. The van der Waals surface area contributed by atoms with Gasteiger partial charge in [-0.2, -0.15) is 5.26 Å². The van der Waals surface area contributed by atoms with Crippen LogP contribution < -0.4 is 4.74 Å². The van der Waals surface area contributed by atoms with E-state index in [4.69, 9.17) is 19.5 Å². The molecule has 0 bridgehead atoms. The van der Waals surface area contributed by atoms with E-state index in [0.717, 1.165) is 0 Å².